The van der Waals surface area contributed by atoms with Gasteiger partial charge in [-0.15, -0.1) is 0 Å². The predicted octanol–water partition coefficient (Wildman–Crippen LogP) is 4.70. The number of piperidine rings is 1. The molecule has 0 unspecified atom stereocenters. The lowest BCUT2D eigenvalue weighted by molar-refractivity contribution is 0.0927. The van der Waals surface area contributed by atoms with Crippen molar-refractivity contribution in [1.82, 2.24) is 19.9 Å². The van der Waals surface area contributed by atoms with Gasteiger partial charge in [-0.25, -0.2) is 9.97 Å². The van der Waals surface area contributed by atoms with E-state index in [0.717, 1.165) is 67.0 Å². The molecule has 1 saturated carbocycles. The van der Waals surface area contributed by atoms with Crippen LogP contribution in [0.4, 0.5) is 5.82 Å². The number of para-hydroxylation sites is 1. The lowest BCUT2D eigenvalue weighted by Gasteiger charge is -2.28. The van der Waals surface area contributed by atoms with Crippen LogP contribution < -0.4 is 10.2 Å². The Morgan fingerprint density at radius 1 is 0.968 bits per heavy atom. The van der Waals surface area contributed by atoms with Crippen LogP contribution in [0.15, 0.2) is 30.3 Å². The summed E-state index contributed by atoms with van der Waals surface area (Å²) >= 11 is 0. The van der Waals surface area contributed by atoms with Crippen molar-refractivity contribution < 1.29 is 4.79 Å². The summed E-state index contributed by atoms with van der Waals surface area (Å²) in [5.74, 6) is 1.05. The van der Waals surface area contributed by atoms with Gasteiger partial charge in [0.2, 0.25) is 5.82 Å². The zero-order chi connectivity index (χ0) is 21.4. The van der Waals surface area contributed by atoms with Crippen molar-refractivity contribution in [2.24, 2.45) is 0 Å². The molecular weight excluding hydrogens is 386 g/mol. The van der Waals surface area contributed by atoms with Crippen LogP contribution in [0.5, 0.6) is 0 Å². The molecule has 31 heavy (non-hydrogen) atoms. The number of fused-ring (bicyclic) bond motifs is 1. The Bertz CT molecular complexity index is 1090. The van der Waals surface area contributed by atoms with E-state index < -0.39 is 0 Å². The van der Waals surface area contributed by atoms with Crippen molar-refractivity contribution in [3.05, 3.63) is 47.4 Å². The van der Waals surface area contributed by atoms with E-state index in [1.807, 2.05) is 18.2 Å². The SMILES string of the molecule is Cc1c(C)n(-c2ccccc2)c2nc(C(=O)NC3CCCC3)nc(N3CCCCC3)c12. The largest absolute Gasteiger partial charge is 0.356 e. The fourth-order valence-electron chi connectivity index (χ4n) is 5.09. The van der Waals surface area contributed by atoms with Gasteiger partial charge in [0.25, 0.3) is 5.91 Å². The third-order valence-corrected chi connectivity index (χ3v) is 6.90. The van der Waals surface area contributed by atoms with Crippen LogP contribution in [-0.4, -0.2) is 39.6 Å². The number of aromatic nitrogens is 3. The van der Waals surface area contributed by atoms with Gasteiger partial charge in [-0.2, -0.15) is 0 Å². The van der Waals surface area contributed by atoms with Gasteiger partial charge in [0.05, 0.1) is 5.39 Å². The molecule has 0 bridgehead atoms. The van der Waals surface area contributed by atoms with Gasteiger partial charge in [0, 0.05) is 30.5 Å². The summed E-state index contributed by atoms with van der Waals surface area (Å²) in [4.78, 5) is 25.2. The molecule has 0 spiro atoms. The van der Waals surface area contributed by atoms with E-state index in [0.29, 0.717) is 0 Å². The first kappa shape index (κ1) is 20.0. The smallest absolute Gasteiger partial charge is 0.289 e. The Labute approximate surface area is 183 Å². The van der Waals surface area contributed by atoms with Crippen molar-refractivity contribution in [2.45, 2.75) is 64.8 Å². The maximum atomic E-state index is 13.2. The van der Waals surface area contributed by atoms with Crippen molar-refractivity contribution in [3.63, 3.8) is 0 Å². The second kappa shape index (κ2) is 8.33. The number of hydrogen-bond acceptors (Lipinski definition) is 4. The van der Waals surface area contributed by atoms with Gasteiger partial charge in [0.1, 0.15) is 5.82 Å². The summed E-state index contributed by atoms with van der Waals surface area (Å²) in [6, 6.07) is 10.5. The Balaban J connectivity index is 1.68. The first-order chi connectivity index (χ1) is 15.1. The molecule has 2 aromatic heterocycles. The quantitative estimate of drug-likeness (QED) is 0.668. The molecule has 1 aliphatic heterocycles. The molecule has 1 N–H and O–H groups in total. The normalized spacial score (nSPS) is 17.4. The third kappa shape index (κ3) is 3.68. The standard InChI is InChI=1S/C25H31N5O/c1-17-18(2)30(20-13-5-3-6-14-20)24-21(17)23(29-15-9-4-10-16-29)27-22(28-24)25(31)26-19-11-7-8-12-19/h3,5-6,13-14,19H,4,7-12,15-16H2,1-2H3,(H,26,31). The Morgan fingerprint density at radius 3 is 2.39 bits per heavy atom. The number of hydrogen-bond donors (Lipinski definition) is 1. The van der Waals surface area contributed by atoms with Crippen LogP contribution in [0.3, 0.4) is 0 Å². The number of aryl methyl sites for hydroxylation is 1. The molecule has 2 fully saturated rings. The van der Waals surface area contributed by atoms with Crippen LogP contribution >= 0.6 is 0 Å². The van der Waals surface area contributed by atoms with Gasteiger partial charge in [-0.1, -0.05) is 31.0 Å². The monoisotopic (exact) mass is 417 g/mol. The number of carbonyl (C=O) groups excluding carboxylic acids is 1. The molecule has 0 radical (unpaired) electrons. The number of nitrogens with zero attached hydrogens (tertiary/aromatic N) is 4. The predicted molar refractivity (Wildman–Crippen MR) is 124 cm³/mol. The average Bonchev–Trinajstić information content (AvgIpc) is 3.40. The third-order valence-electron chi connectivity index (χ3n) is 6.90. The summed E-state index contributed by atoms with van der Waals surface area (Å²) < 4.78 is 2.17. The number of benzene rings is 1. The van der Waals surface area contributed by atoms with Crippen LogP contribution in [-0.2, 0) is 0 Å². The van der Waals surface area contributed by atoms with E-state index in [-0.39, 0.29) is 17.8 Å². The highest BCUT2D eigenvalue weighted by molar-refractivity contribution is 5.98. The van der Waals surface area contributed by atoms with Gasteiger partial charge in [0.15, 0.2) is 5.65 Å². The van der Waals surface area contributed by atoms with Crippen LogP contribution in [0.25, 0.3) is 16.7 Å². The highest BCUT2D eigenvalue weighted by atomic mass is 16.2. The second-order valence-corrected chi connectivity index (χ2v) is 8.95. The van der Waals surface area contributed by atoms with Crippen molar-refractivity contribution in [2.75, 3.05) is 18.0 Å². The molecule has 1 aliphatic carbocycles. The number of amides is 1. The topological polar surface area (TPSA) is 63.1 Å². The molecule has 3 aromatic rings. The molecule has 1 aromatic carbocycles. The maximum absolute atomic E-state index is 13.2. The van der Waals surface area contributed by atoms with Gasteiger partial charge in [-0.05, 0) is 63.6 Å². The summed E-state index contributed by atoms with van der Waals surface area (Å²) in [7, 11) is 0. The lowest BCUT2D eigenvalue weighted by atomic mass is 10.1. The number of anilines is 1. The zero-order valence-electron chi connectivity index (χ0n) is 18.5. The minimum absolute atomic E-state index is 0.150. The first-order valence-electron chi connectivity index (χ1n) is 11.6. The highest BCUT2D eigenvalue weighted by Crippen LogP contribution is 2.34. The minimum atomic E-state index is -0.150. The molecular formula is C25H31N5O. The molecule has 1 saturated heterocycles. The van der Waals surface area contributed by atoms with Gasteiger partial charge in [-0.3, -0.25) is 9.36 Å². The second-order valence-electron chi connectivity index (χ2n) is 8.95. The lowest BCUT2D eigenvalue weighted by Crippen LogP contribution is -2.35. The Hall–Kier alpha value is -2.89. The Kier molecular flexibility index (Phi) is 5.38. The van der Waals surface area contributed by atoms with E-state index in [1.165, 1.54) is 24.8 Å². The summed E-state index contributed by atoms with van der Waals surface area (Å²) in [6.07, 6.45) is 8.03. The van der Waals surface area contributed by atoms with E-state index in [1.54, 1.807) is 0 Å². The molecule has 3 heterocycles. The van der Waals surface area contributed by atoms with Crippen LogP contribution in [0.2, 0.25) is 0 Å². The molecule has 1 amide bonds. The fourth-order valence-corrected chi connectivity index (χ4v) is 5.09. The highest BCUT2D eigenvalue weighted by Gasteiger charge is 2.26. The summed E-state index contributed by atoms with van der Waals surface area (Å²) in [5, 5.41) is 4.25. The van der Waals surface area contributed by atoms with Crippen molar-refractivity contribution in [1.29, 1.82) is 0 Å². The van der Waals surface area contributed by atoms with E-state index in [4.69, 9.17) is 9.97 Å². The fraction of sp³-hybridized carbons (Fsp3) is 0.480. The van der Waals surface area contributed by atoms with E-state index in [9.17, 15) is 4.79 Å². The molecule has 6 nitrogen and oxygen atoms in total. The van der Waals surface area contributed by atoms with E-state index >= 15 is 0 Å². The minimum Gasteiger partial charge on any atom is -0.356 e. The van der Waals surface area contributed by atoms with Crippen LogP contribution in [0, 0.1) is 13.8 Å². The van der Waals surface area contributed by atoms with E-state index in [2.05, 4.69) is 40.8 Å². The first-order valence-corrected chi connectivity index (χ1v) is 11.6. The molecule has 0 atom stereocenters. The molecule has 162 valence electrons. The average molecular weight is 418 g/mol. The molecule has 2 aliphatic rings. The molecule has 6 heteroatoms. The summed E-state index contributed by atoms with van der Waals surface area (Å²) in [5.41, 5.74) is 4.21. The van der Waals surface area contributed by atoms with Crippen molar-refractivity contribution >= 4 is 22.8 Å². The number of nitrogens with one attached hydrogen (secondary N) is 1. The van der Waals surface area contributed by atoms with Gasteiger partial charge < -0.3 is 10.2 Å². The molecule has 5 rings (SSSR count). The zero-order valence-corrected chi connectivity index (χ0v) is 18.5. The van der Waals surface area contributed by atoms with Crippen LogP contribution in [0.1, 0.15) is 66.8 Å². The maximum Gasteiger partial charge on any atom is 0.289 e. The van der Waals surface area contributed by atoms with Gasteiger partial charge >= 0.3 is 0 Å². The summed E-state index contributed by atoms with van der Waals surface area (Å²) in [6.45, 7) is 6.23. The van der Waals surface area contributed by atoms with Crippen molar-refractivity contribution in [3.8, 4) is 5.69 Å². The number of rotatable bonds is 4. The Morgan fingerprint density at radius 2 is 1.68 bits per heavy atom. The number of carbonyl (C=O) groups is 1.